The first-order valence-corrected chi connectivity index (χ1v) is 11.7. The van der Waals surface area contributed by atoms with E-state index in [1.165, 1.54) is 24.6 Å². The minimum absolute atomic E-state index is 0.0109. The average Bonchev–Trinajstić information content (AvgIpc) is 2.78. The van der Waals surface area contributed by atoms with Crippen LogP contribution in [0.3, 0.4) is 0 Å². The molecule has 1 N–H and O–H groups in total. The Hall–Kier alpha value is -1.88. The van der Waals surface area contributed by atoms with E-state index in [1.807, 2.05) is 0 Å². The molecule has 0 aromatic heterocycles. The number of benzene rings is 1. The standard InChI is InChI=1S/C20H31N3O6S/c1-28-16-6-7-18(29-2)19(15-16)30(26,27)23-8-4-3-5-17(23)20(25)22-11-9-21(10-12-22)13-14-24/h6-7,15,17,24H,3-5,8-14H2,1-2H3. The third-order valence-electron chi connectivity index (χ3n) is 5.80. The lowest BCUT2D eigenvalue weighted by atomic mass is 10.0. The van der Waals surface area contributed by atoms with E-state index in [-0.39, 0.29) is 23.2 Å². The maximum Gasteiger partial charge on any atom is 0.247 e. The van der Waals surface area contributed by atoms with Crippen molar-refractivity contribution >= 4 is 15.9 Å². The minimum atomic E-state index is -3.95. The van der Waals surface area contributed by atoms with Crippen LogP contribution in [-0.2, 0) is 14.8 Å². The van der Waals surface area contributed by atoms with E-state index in [9.17, 15) is 13.2 Å². The third-order valence-corrected chi connectivity index (χ3v) is 7.73. The number of piperidine rings is 1. The lowest BCUT2D eigenvalue weighted by Crippen LogP contribution is -2.57. The molecule has 0 spiro atoms. The van der Waals surface area contributed by atoms with Crippen molar-refractivity contribution in [3.63, 3.8) is 0 Å². The van der Waals surface area contributed by atoms with Gasteiger partial charge in [-0.2, -0.15) is 4.31 Å². The van der Waals surface area contributed by atoms with E-state index in [1.54, 1.807) is 17.0 Å². The Labute approximate surface area is 178 Å². The summed E-state index contributed by atoms with van der Waals surface area (Å²) >= 11 is 0. The van der Waals surface area contributed by atoms with Crippen molar-refractivity contribution in [2.75, 3.05) is 60.1 Å². The molecule has 2 saturated heterocycles. The van der Waals surface area contributed by atoms with Crippen molar-refractivity contribution in [1.29, 1.82) is 0 Å². The molecule has 2 fully saturated rings. The minimum Gasteiger partial charge on any atom is -0.497 e. The Kier molecular flexibility index (Phi) is 7.56. The van der Waals surface area contributed by atoms with Gasteiger partial charge in [-0.1, -0.05) is 6.42 Å². The number of hydrogen-bond acceptors (Lipinski definition) is 7. The number of aliphatic hydroxyl groups excluding tert-OH is 1. The molecule has 1 unspecified atom stereocenters. The van der Waals surface area contributed by atoms with Gasteiger partial charge in [0, 0.05) is 45.3 Å². The molecule has 1 aromatic rings. The number of piperazine rings is 1. The summed E-state index contributed by atoms with van der Waals surface area (Å²) in [6, 6.07) is 3.93. The van der Waals surface area contributed by atoms with Crippen LogP contribution in [-0.4, -0.2) is 99.7 Å². The number of rotatable bonds is 7. The van der Waals surface area contributed by atoms with Gasteiger partial charge in [0.2, 0.25) is 15.9 Å². The molecule has 0 radical (unpaired) electrons. The zero-order valence-electron chi connectivity index (χ0n) is 17.6. The summed E-state index contributed by atoms with van der Waals surface area (Å²) in [7, 11) is -1.06. The summed E-state index contributed by atoms with van der Waals surface area (Å²) < 4.78 is 38.9. The maximum absolute atomic E-state index is 13.6. The number of carbonyl (C=O) groups excluding carboxylic acids is 1. The number of methoxy groups -OCH3 is 2. The largest absolute Gasteiger partial charge is 0.497 e. The highest BCUT2D eigenvalue weighted by Crippen LogP contribution is 2.34. The van der Waals surface area contributed by atoms with Crippen LogP contribution in [0.2, 0.25) is 0 Å². The lowest BCUT2D eigenvalue weighted by Gasteiger charge is -2.40. The number of sulfonamides is 1. The molecular formula is C20H31N3O6S. The van der Waals surface area contributed by atoms with Gasteiger partial charge in [-0.05, 0) is 25.0 Å². The summed E-state index contributed by atoms with van der Waals surface area (Å²) in [5, 5.41) is 9.10. The molecule has 1 aromatic carbocycles. The molecule has 3 rings (SSSR count). The molecule has 0 bridgehead atoms. The number of hydrogen-bond donors (Lipinski definition) is 1. The first-order chi connectivity index (χ1) is 14.4. The first kappa shape index (κ1) is 22.8. The number of β-amino-alcohol motifs (C(OH)–C–C–N with tert-alkyl or cyclic N) is 1. The summed E-state index contributed by atoms with van der Waals surface area (Å²) in [6.07, 6.45) is 2.02. The van der Waals surface area contributed by atoms with Crippen LogP contribution in [0.25, 0.3) is 0 Å². The van der Waals surface area contributed by atoms with E-state index < -0.39 is 16.1 Å². The van der Waals surface area contributed by atoms with Gasteiger partial charge in [0.1, 0.15) is 22.4 Å². The van der Waals surface area contributed by atoms with Gasteiger partial charge >= 0.3 is 0 Å². The van der Waals surface area contributed by atoms with Crippen LogP contribution in [0.1, 0.15) is 19.3 Å². The van der Waals surface area contributed by atoms with E-state index >= 15 is 0 Å². The Morgan fingerprint density at radius 1 is 1.10 bits per heavy atom. The number of amides is 1. The predicted molar refractivity (Wildman–Crippen MR) is 111 cm³/mol. The Morgan fingerprint density at radius 3 is 2.47 bits per heavy atom. The zero-order valence-corrected chi connectivity index (χ0v) is 18.4. The van der Waals surface area contributed by atoms with Gasteiger partial charge in [0.05, 0.1) is 20.8 Å². The van der Waals surface area contributed by atoms with Gasteiger partial charge < -0.3 is 19.5 Å². The van der Waals surface area contributed by atoms with E-state index in [0.29, 0.717) is 57.9 Å². The van der Waals surface area contributed by atoms with Crippen molar-refractivity contribution in [3.05, 3.63) is 18.2 Å². The molecule has 2 aliphatic rings. The smallest absolute Gasteiger partial charge is 0.247 e. The molecule has 0 aliphatic carbocycles. The van der Waals surface area contributed by atoms with Crippen LogP contribution in [0.4, 0.5) is 0 Å². The van der Waals surface area contributed by atoms with E-state index in [4.69, 9.17) is 14.6 Å². The molecule has 2 aliphatic heterocycles. The molecule has 9 nitrogen and oxygen atoms in total. The topological polar surface area (TPSA) is 99.6 Å². The van der Waals surface area contributed by atoms with E-state index in [0.717, 1.165) is 6.42 Å². The van der Waals surface area contributed by atoms with Crippen molar-refractivity contribution < 1.29 is 27.8 Å². The van der Waals surface area contributed by atoms with Gasteiger partial charge in [0.25, 0.3) is 0 Å². The highest BCUT2D eigenvalue weighted by molar-refractivity contribution is 7.89. The Morgan fingerprint density at radius 2 is 1.83 bits per heavy atom. The van der Waals surface area contributed by atoms with Gasteiger partial charge in [-0.3, -0.25) is 9.69 Å². The quantitative estimate of drug-likeness (QED) is 0.653. The summed E-state index contributed by atoms with van der Waals surface area (Å²) in [5.41, 5.74) is 0. The van der Waals surface area contributed by atoms with Crippen molar-refractivity contribution in [3.8, 4) is 11.5 Å². The maximum atomic E-state index is 13.6. The zero-order chi connectivity index (χ0) is 21.7. The SMILES string of the molecule is COc1ccc(OC)c(S(=O)(=O)N2CCCCC2C(=O)N2CCN(CCO)CC2)c1. The molecule has 1 amide bonds. The lowest BCUT2D eigenvalue weighted by molar-refractivity contribution is -0.138. The van der Waals surface area contributed by atoms with Gasteiger partial charge in [-0.25, -0.2) is 8.42 Å². The summed E-state index contributed by atoms with van der Waals surface area (Å²) in [6.45, 7) is 3.39. The normalized spacial score (nSPS) is 21.4. The average molecular weight is 442 g/mol. The highest BCUT2D eigenvalue weighted by Gasteiger charge is 2.41. The fourth-order valence-electron chi connectivity index (χ4n) is 4.10. The Balaban J connectivity index is 1.84. The Bertz CT molecular complexity index is 839. The first-order valence-electron chi connectivity index (χ1n) is 10.3. The number of ether oxygens (including phenoxy) is 2. The van der Waals surface area contributed by atoms with Crippen LogP contribution in [0.5, 0.6) is 11.5 Å². The van der Waals surface area contributed by atoms with Crippen LogP contribution < -0.4 is 9.47 Å². The second kappa shape index (κ2) is 9.95. The molecule has 30 heavy (non-hydrogen) atoms. The van der Waals surface area contributed by atoms with Gasteiger partial charge in [-0.15, -0.1) is 0 Å². The monoisotopic (exact) mass is 441 g/mol. The molecular weight excluding hydrogens is 410 g/mol. The van der Waals surface area contributed by atoms with Crippen molar-refractivity contribution in [1.82, 2.24) is 14.1 Å². The molecule has 1 atom stereocenters. The van der Waals surface area contributed by atoms with Crippen molar-refractivity contribution in [2.45, 2.75) is 30.2 Å². The predicted octanol–water partition coefficient (Wildman–Crippen LogP) is 0.384. The molecule has 0 saturated carbocycles. The van der Waals surface area contributed by atoms with Crippen LogP contribution in [0, 0.1) is 0 Å². The molecule has 10 heteroatoms. The number of nitrogens with zero attached hydrogens (tertiary/aromatic N) is 3. The fourth-order valence-corrected chi connectivity index (χ4v) is 5.92. The van der Waals surface area contributed by atoms with E-state index in [2.05, 4.69) is 4.90 Å². The second-order valence-corrected chi connectivity index (χ2v) is 9.39. The molecule has 2 heterocycles. The second-order valence-electron chi connectivity index (χ2n) is 7.53. The summed E-state index contributed by atoms with van der Waals surface area (Å²) in [4.78, 5) is 17.1. The summed E-state index contributed by atoms with van der Waals surface area (Å²) in [5.74, 6) is 0.489. The highest BCUT2D eigenvalue weighted by atomic mass is 32.2. The fraction of sp³-hybridized carbons (Fsp3) is 0.650. The molecule has 168 valence electrons. The number of aliphatic hydroxyl groups is 1. The van der Waals surface area contributed by atoms with Crippen LogP contribution in [0.15, 0.2) is 23.1 Å². The number of carbonyl (C=O) groups is 1. The third kappa shape index (κ3) is 4.72. The van der Waals surface area contributed by atoms with Gasteiger partial charge in [0.15, 0.2) is 0 Å². The van der Waals surface area contributed by atoms with Crippen molar-refractivity contribution in [2.24, 2.45) is 0 Å². The van der Waals surface area contributed by atoms with Crippen LogP contribution >= 0.6 is 0 Å².